The van der Waals surface area contributed by atoms with E-state index < -0.39 is 22.2 Å². The summed E-state index contributed by atoms with van der Waals surface area (Å²) < 4.78 is 72.3. The molecule has 1 fully saturated rings. The van der Waals surface area contributed by atoms with E-state index in [-0.39, 0.29) is 55.9 Å². The molecular weight excluding hydrogens is 455 g/mol. The van der Waals surface area contributed by atoms with Crippen molar-refractivity contribution in [2.24, 2.45) is 4.99 Å². The van der Waals surface area contributed by atoms with Crippen LogP contribution in [0.25, 0.3) is 0 Å². The number of guanidine groups is 1. The number of halogens is 5. The number of piperidine rings is 1. The number of rotatable bonds is 5. The number of hydrogen-bond donors (Lipinski definition) is 2. The molecule has 0 aromatic carbocycles. The second kappa shape index (κ2) is 9.81. The second-order valence-corrected chi connectivity index (χ2v) is 6.74. The minimum Gasteiger partial charge on any atom is -0.356 e. The molecule has 1 aliphatic heterocycles. The fourth-order valence-electron chi connectivity index (χ4n) is 2.05. The van der Waals surface area contributed by atoms with Crippen molar-refractivity contribution in [1.82, 2.24) is 14.9 Å². The van der Waals surface area contributed by atoms with Crippen molar-refractivity contribution in [1.29, 1.82) is 0 Å². The van der Waals surface area contributed by atoms with Crippen LogP contribution in [0.4, 0.5) is 17.6 Å². The van der Waals surface area contributed by atoms with Crippen LogP contribution >= 0.6 is 24.0 Å². The Kier molecular flexibility index (Phi) is 9.65. The minimum atomic E-state index is -5.27. The summed E-state index contributed by atoms with van der Waals surface area (Å²) in [6.45, 7) is -0.489. The first kappa shape index (κ1) is 22.6. The molecule has 0 bridgehead atoms. The van der Waals surface area contributed by atoms with E-state index in [1.807, 2.05) is 0 Å². The number of hydrogen-bond acceptors (Lipinski definition) is 3. The Labute approximate surface area is 150 Å². The molecule has 1 rings (SSSR count). The van der Waals surface area contributed by atoms with Gasteiger partial charge in [0.15, 0.2) is 5.96 Å². The lowest BCUT2D eigenvalue weighted by Crippen LogP contribution is -2.51. The summed E-state index contributed by atoms with van der Waals surface area (Å²) in [4.78, 5) is 3.92. The molecule has 0 spiro atoms. The lowest BCUT2D eigenvalue weighted by atomic mass is 10.1. The fourth-order valence-corrected chi connectivity index (χ4v) is 3.03. The zero-order valence-electron chi connectivity index (χ0n) is 12.6. The number of nitrogens with one attached hydrogen (secondary N) is 2. The number of nitrogens with zero attached hydrogens (tertiary/aromatic N) is 2. The van der Waals surface area contributed by atoms with Gasteiger partial charge in [-0.15, -0.1) is 24.0 Å². The highest BCUT2D eigenvalue weighted by molar-refractivity contribution is 14.0. The monoisotopic (exact) mass is 476 g/mol. The number of alkyl halides is 4. The van der Waals surface area contributed by atoms with Gasteiger partial charge in [-0.05, 0) is 19.3 Å². The largest absolute Gasteiger partial charge is 0.511 e. The predicted molar refractivity (Wildman–Crippen MR) is 90.1 cm³/mol. The topological polar surface area (TPSA) is 73.8 Å². The van der Waals surface area contributed by atoms with Crippen molar-refractivity contribution in [3.8, 4) is 0 Å². The first-order valence-corrected chi connectivity index (χ1v) is 8.26. The van der Waals surface area contributed by atoms with Gasteiger partial charge >= 0.3 is 15.5 Å². The molecule has 1 saturated heterocycles. The lowest BCUT2D eigenvalue weighted by Gasteiger charge is -2.32. The van der Waals surface area contributed by atoms with Gasteiger partial charge in [-0.1, -0.05) is 0 Å². The minimum absolute atomic E-state index is 0. The Bertz CT molecular complexity index is 479. The molecule has 0 aliphatic carbocycles. The van der Waals surface area contributed by atoms with Crippen molar-refractivity contribution in [3.63, 3.8) is 0 Å². The van der Waals surface area contributed by atoms with Gasteiger partial charge in [0.05, 0.1) is 6.67 Å². The van der Waals surface area contributed by atoms with E-state index in [9.17, 15) is 26.0 Å². The fraction of sp³-hybridized carbons (Fsp3) is 0.909. The average Bonchev–Trinajstić information content (AvgIpc) is 2.45. The molecule has 6 nitrogen and oxygen atoms in total. The van der Waals surface area contributed by atoms with Gasteiger partial charge in [0.25, 0.3) is 0 Å². The Morgan fingerprint density at radius 2 is 1.87 bits per heavy atom. The molecule has 0 radical (unpaired) electrons. The molecule has 0 unspecified atom stereocenters. The van der Waals surface area contributed by atoms with Crippen LogP contribution in [0.2, 0.25) is 0 Å². The zero-order chi connectivity index (χ0) is 16.8. The van der Waals surface area contributed by atoms with Crippen molar-refractivity contribution in [2.75, 3.05) is 33.4 Å². The Morgan fingerprint density at radius 3 is 2.30 bits per heavy atom. The van der Waals surface area contributed by atoms with E-state index in [1.54, 1.807) is 0 Å². The van der Waals surface area contributed by atoms with Crippen LogP contribution in [-0.4, -0.2) is 63.6 Å². The zero-order valence-corrected chi connectivity index (χ0v) is 15.7. The van der Waals surface area contributed by atoms with Crippen LogP contribution in [0.5, 0.6) is 0 Å². The third kappa shape index (κ3) is 6.57. The SMILES string of the molecule is CN=C(NCCCF)NC1CCN(S(=O)(=O)C(F)(F)F)CC1.I. The van der Waals surface area contributed by atoms with Crippen molar-refractivity contribution >= 4 is 40.0 Å². The summed E-state index contributed by atoms with van der Waals surface area (Å²) in [5.74, 6) is 0.422. The smallest absolute Gasteiger partial charge is 0.356 e. The van der Waals surface area contributed by atoms with Crippen molar-refractivity contribution in [2.45, 2.75) is 30.8 Å². The average molecular weight is 476 g/mol. The van der Waals surface area contributed by atoms with Crippen molar-refractivity contribution < 1.29 is 26.0 Å². The molecule has 12 heteroatoms. The van der Waals surface area contributed by atoms with Gasteiger partial charge in [0, 0.05) is 32.7 Å². The first-order valence-electron chi connectivity index (χ1n) is 6.82. The van der Waals surface area contributed by atoms with Gasteiger partial charge in [-0.3, -0.25) is 9.38 Å². The van der Waals surface area contributed by atoms with E-state index in [4.69, 9.17) is 0 Å². The highest BCUT2D eigenvalue weighted by Crippen LogP contribution is 2.28. The van der Waals surface area contributed by atoms with Crippen LogP contribution in [-0.2, 0) is 10.0 Å². The van der Waals surface area contributed by atoms with Crippen molar-refractivity contribution in [3.05, 3.63) is 0 Å². The van der Waals surface area contributed by atoms with Gasteiger partial charge in [0.1, 0.15) is 0 Å². The lowest BCUT2D eigenvalue weighted by molar-refractivity contribution is -0.0494. The molecule has 0 saturated carbocycles. The number of sulfonamides is 1. The Balaban J connectivity index is 0.00000484. The van der Waals surface area contributed by atoms with E-state index in [0.29, 0.717) is 23.2 Å². The maximum Gasteiger partial charge on any atom is 0.511 e. The van der Waals surface area contributed by atoms with Gasteiger partial charge in [-0.2, -0.15) is 17.5 Å². The summed E-state index contributed by atoms with van der Waals surface area (Å²) in [5.41, 5.74) is -5.27. The van der Waals surface area contributed by atoms with E-state index >= 15 is 0 Å². The molecule has 0 atom stereocenters. The van der Waals surface area contributed by atoms with Crippen LogP contribution in [0, 0.1) is 0 Å². The van der Waals surface area contributed by atoms with Crippen LogP contribution in [0.3, 0.4) is 0 Å². The van der Waals surface area contributed by atoms with Crippen LogP contribution in [0.15, 0.2) is 4.99 Å². The highest BCUT2D eigenvalue weighted by atomic mass is 127. The Morgan fingerprint density at radius 1 is 1.30 bits per heavy atom. The van der Waals surface area contributed by atoms with Gasteiger partial charge in [0.2, 0.25) is 0 Å². The molecule has 0 aromatic rings. The molecule has 1 aliphatic rings. The third-order valence-corrected chi connectivity index (χ3v) is 4.88. The quantitative estimate of drug-likeness (QED) is 0.207. The summed E-state index contributed by atoms with van der Waals surface area (Å²) in [7, 11) is -3.73. The molecule has 1 heterocycles. The highest BCUT2D eigenvalue weighted by Gasteiger charge is 2.50. The summed E-state index contributed by atoms with van der Waals surface area (Å²) in [6, 6.07) is -0.184. The molecule has 0 amide bonds. The number of aliphatic imine (C=N–C) groups is 1. The molecule has 0 aromatic heterocycles. The normalized spacial score (nSPS) is 18.4. The second-order valence-electron chi connectivity index (χ2n) is 4.81. The van der Waals surface area contributed by atoms with E-state index in [1.165, 1.54) is 7.05 Å². The van der Waals surface area contributed by atoms with Crippen LogP contribution < -0.4 is 10.6 Å². The maximum atomic E-state index is 12.4. The van der Waals surface area contributed by atoms with Crippen LogP contribution in [0.1, 0.15) is 19.3 Å². The summed E-state index contributed by atoms with van der Waals surface area (Å²) >= 11 is 0. The van der Waals surface area contributed by atoms with E-state index in [0.717, 1.165) is 0 Å². The summed E-state index contributed by atoms with van der Waals surface area (Å²) in [6.07, 6.45) is 0.793. The Hall–Kier alpha value is -0.370. The third-order valence-electron chi connectivity index (χ3n) is 3.25. The molecule has 23 heavy (non-hydrogen) atoms. The predicted octanol–water partition coefficient (Wildman–Crippen LogP) is 1.44. The molecule has 2 N–H and O–H groups in total. The standard InChI is InChI=1S/C11H20F4N4O2S.HI/c1-16-10(17-6-2-5-12)18-9-3-7-19(8-4-9)22(20,21)11(13,14)15;/h9H,2-8H2,1H3,(H2,16,17,18);1H. The van der Waals surface area contributed by atoms with Gasteiger partial charge in [-0.25, -0.2) is 8.42 Å². The first-order chi connectivity index (χ1) is 10.2. The maximum absolute atomic E-state index is 12.4. The molecule has 138 valence electrons. The van der Waals surface area contributed by atoms with E-state index in [2.05, 4.69) is 15.6 Å². The molecular formula is C11H21F4IN4O2S. The summed E-state index contributed by atoms with van der Waals surface area (Å²) in [5, 5.41) is 5.86. The van der Waals surface area contributed by atoms with Gasteiger partial charge < -0.3 is 10.6 Å².